The maximum atomic E-state index is 10.9. The van der Waals surface area contributed by atoms with Crippen LogP contribution < -0.4 is 4.24 Å². The van der Waals surface area contributed by atoms with Gasteiger partial charge in [0.15, 0.2) is 0 Å². The average Bonchev–Trinajstić information content (AvgIpc) is 2.14. The van der Waals surface area contributed by atoms with Crippen LogP contribution in [0.3, 0.4) is 0 Å². The molecule has 0 saturated heterocycles. The van der Waals surface area contributed by atoms with E-state index in [0.29, 0.717) is 12.1 Å². The molecule has 0 saturated carbocycles. The van der Waals surface area contributed by atoms with Crippen LogP contribution in [0.1, 0.15) is 20.7 Å². The quantitative estimate of drug-likeness (QED) is 0.470. The second kappa shape index (κ2) is 4.50. The van der Waals surface area contributed by atoms with Gasteiger partial charge in [-0.15, -0.1) is 0 Å². The molecule has 0 radical (unpaired) electrons. The Morgan fingerprint density at radius 2 is 1.41 bits per heavy atom. The molecule has 86 valence electrons. The Bertz CT molecular complexity index is 569. The van der Waals surface area contributed by atoms with Crippen molar-refractivity contribution in [1.29, 1.82) is 0 Å². The van der Waals surface area contributed by atoms with Crippen molar-refractivity contribution in [3.05, 3.63) is 23.3 Å². The van der Waals surface area contributed by atoms with Crippen molar-refractivity contribution in [3.8, 4) is 0 Å². The fraction of sp³-hybridized carbons (Fsp3) is 0. The molecule has 17 heavy (non-hydrogen) atoms. The normalized spacial score (nSPS) is 11.2. The van der Waals surface area contributed by atoms with Gasteiger partial charge >= 0.3 is 105 Å². The van der Waals surface area contributed by atoms with Gasteiger partial charge in [0.1, 0.15) is 0 Å². The number of hydrogen-bond donors (Lipinski definition) is 3. The molecular weight excluding hydrogens is 247 g/mol. The number of aromatic carboxylic acids is 2. The van der Waals surface area contributed by atoms with Gasteiger partial charge in [-0.3, -0.25) is 0 Å². The van der Waals surface area contributed by atoms with Gasteiger partial charge in [0.05, 0.1) is 0 Å². The van der Waals surface area contributed by atoms with Gasteiger partial charge in [0, 0.05) is 0 Å². The van der Waals surface area contributed by atoms with Crippen molar-refractivity contribution >= 4 is 44.0 Å². The van der Waals surface area contributed by atoms with Gasteiger partial charge in [-0.25, -0.2) is 0 Å². The zero-order valence-corrected chi connectivity index (χ0v) is 9.35. The predicted octanol–water partition coefficient (Wildman–Crippen LogP) is -0.877. The summed E-state index contributed by atoms with van der Waals surface area (Å²) >= 11 is 1.24. The molecular formula is C8H5LiO7S. The van der Waals surface area contributed by atoms with Crippen LogP contribution in [-0.4, -0.2) is 52.8 Å². The summed E-state index contributed by atoms with van der Waals surface area (Å²) in [5, 5.41) is 17.6. The topological polar surface area (TPSA) is 129 Å². The molecule has 9 heteroatoms. The summed E-state index contributed by atoms with van der Waals surface area (Å²) < 4.78 is 30.4. The van der Waals surface area contributed by atoms with Crippen LogP contribution >= 0.6 is 0 Å². The van der Waals surface area contributed by atoms with Gasteiger partial charge in [-0.1, -0.05) is 0 Å². The summed E-state index contributed by atoms with van der Waals surface area (Å²) in [5.74, 6) is -2.95. The Hall–Kier alpha value is -1.33. The summed E-state index contributed by atoms with van der Waals surface area (Å²) in [6.45, 7) is 0. The Balaban J connectivity index is 3.71. The van der Waals surface area contributed by atoms with Crippen LogP contribution in [0.2, 0.25) is 0 Å². The number of carboxylic acids is 2. The molecule has 0 amide bonds. The molecule has 0 heterocycles. The van der Waals surface area contributed by atoms with Crippen molar-refractivity contribution in [2.75, 3.05) is 0 Å². The first-order valence-electron chi connectivity index (χ1n) is 4.23. The molecule has 0 aliphatic rings. The summed E-state index contributed by atoms with van der Waals surface area (Å²) in [6.07, 6.45) is 0. The fourth-order valence-electron chi connectivity index (χ4n) is 1.28. The average molecular weight is 252 g/mol. The number of carboxylic acid groups (broad SMARTS) is 2. The minimum absolute atomic E-state index is 0.0857. The van der Waals surface area contributed by atoms with Gasteiger partial charge in [-0.05, 0) is 0 Å². The second-order valence-corrected chi connectivity index (χ2v) is 4.65. The zero-order valence-electron chi connectivity index (χ0n) is 8.54. The molecule has 0 aliphatic carbocycles. The third kappa shape index (κ3) is 2.86. The maximum absolute atomic E-state index is 10.9. The van der Waals surface area contributed by atoms with E-state index < -0.39 is 38.1 Å². The van der Waals surface area contributed by atoms with Crippen molar-refractivity contribution in [2.24, 2.45) is 0 Å². The van der Waals surface area contributed by atoms with E-state index >= 15 is 0 Å². The van der Waals surface area contributed by atoms with E-state index in [-0.39, 0.29) is 4.24 Å². The molecule has 0 aliphatic heterocycles. The summed E-state index contributed by atoms with van der Waals surface area (Å²) in [7, 11) is -4.66. The van der Waals surface area contributed by atoms with E-state index in [4.69, 9.17) is 14.8 Å². The zero-order chi connectivity index (χ0) is 13.4. The monoisotopic (exact) mass is 252 g/mol. The van der Waals surface area contributed by atoms with Crippen molar-refractivity contribution in [2.45, 2.75) is 4.90 Å². The first kappa shape index (κ1) is 13.7. The molecule has 1 rings (SSSR count). The fourth-order valence-corrected chi connectivity index (χ4v) is 1.81. The molecule has 7 nitrogen and oxygen atoms in total. The van der Waals surface area contributed by atoms with Crippen LogP contribution in [-0.2, 0) is 10.1 Å². The molecule has 0 spiro atoms. The number of benzene rings is 1. The molecule has 1 aromatic carbocycles. The summed E-state index contributed by atoms with van der Waals surface area (Å²) in [6, 6.07) is 1.42. The third-order valence-electron chi connectivity index (χ3n) is 2.14. The van der Waals surface area contributed by atoms with E-state index in [1.54, 1.807) is 0 Å². The van der Waals surface area contributed by atoms with E-state index in [9.17, 15) is 18.0 Å². The predicted molar refractivity (Wildman–Crippen MR) is 55.6 cm³/mol. The van der Waals surface area contributed by atoms with E-state index in [1.807, 2.05) is 0 Å². The molecule has 0 atom stereocenters. The van der Waals surface area contributed by atoms with Gasteiger partial charge in [0.25, 0.3) is 0 Å². The summed E-state index contributed by atoms with van der Waals surface area (Å²) in [4.78, 5) is 20.8. The van der Waals surface area contributed by atoms with Crippen LogP contribution in [0.15, 0.2) is 17.0 Å². The van der Waals surface area contributed by atoms with Gasteiger partial charge in [-0.2, -0.15) is 0 Å². The number of carbonyl (C=O) groups is 2. The Morgan fingerprint density at radius 3 is 1.65 bits per heavy atom. The Morgan fingerprint density at radius 1 is 1.06 bits per heavy atom. The SMILES string of the molecule is [Li][c]1c(C(=O)O)cc(S(=O)(=O)O)cc1C(=O)O. The van der Waals surface area contributed by atoms with Crippen LogP contribution in [0.25, 0.3) is 0 Å². The Kier molecular flexibility index (Phi) is 3.64. The number of rotatable bonds is 3. The summed E-state index contributed by atoms with van der Waals surface area (Å²) in [5.41, 5.74) is -0.977. The standard InChI is InChI=1S/C8H5O7S.Li/c9-7(10)4-1-5(8(11)12)3-6(2-4)16(13,14)15;/h2-3H,(H,9,10)(H,11,12)(H,13,14,15);. The molecule has 0 fully saturated rings. The van der Waals surface area contributed by atoms with E-state index in [2.05, 4.69) is 0 Å². The van der Waals surface area contributed by atoms with Gasteiger partial charge in [0.2, 0.25) is 0 Å². The van der Waals surface area contributed by atoms with Crippen LogP contribution in [0, 0.1) is 0 Å². The van der Waals surface area contributed by atoms with Crippen molar-refractivity contribution in [3.63, 3.8) is 0 Å². The number of hydrogen-bond acceptors (Lipinski definition) is 4. The first-order valence-corrected chi connectivity index (χ1v) is 5.67. The third-order valence-corrected chi connectivity index (χ3v) is 2.97. The molecule has 3 N–H and O–H groups in total. The first-order chi connectivity index (χ1) is 7.64. The van der Waals surface area contributed by atoms with Crippen molar-refractivity contribution < 1.29 is 32.8 Å². The molecule has 0 aromatic heterocycles. The Labute approximate surface area is 105 Å². The second-order valence-electron chi connectivity index (χ2n) is 3.23. The minimum atomic E-state index is -4.66. The van der Waals surface area contributed by atoms with Crippen molar-refractivity contribution in [1.82, 2.24) is 0 Å². The van der Waals surface area contributed by atoms with E-state index in [0.717, 1.165) is 0 Å². The molecule has 1 aromatic rings. The molecule has 0 bridgehead atoms. The van der Waals surface area contributed by atoms with Gasteiger partial charge < -0.3 is 0 Å². The van der Waals surface area contributed by atoms with Crippen LogP contribution in [0.5, 0.6) is 0 Å². The van der Waals surface area contributed by atoms with E-state index in [1.165, 1.54) is 17.7 Å². The molecule has 0 unspecified atom stereocenters. The van der Waals surface area contributed by atoms with Crippen LogP contribution in [0.4, 0.5) is 0 Å².